The Morgan fingerprint density at radius 2 is 2.26 bits per heavy atom. The Kier molecular flexibility index (Phi) is 5.00. The fourth-order valence-electron chi connectivity index (χ4n) is 2.83. The van der Waals surface area contributed by atoms with Crippen molar-refractivity contribution in [2.45, 2.75) is 58.4 Å². The van der Waals surface area contributed by atoms with Gasteiger partial charge in [0.05, 0.1) is 16.6 Å². The van der Waals surface area contributed by atoms with Gasteiger partial charge in [-0.2, -0.15) is 0 Å². The number of hydrogen-bond acceptors (Lipinski definition) is 6. The Morgan fingerprint density at radius 1 is 1.39 bits per heavy atom. The number of thiazole rings is 1. The first-order chi connectivity index (χ1) is 11.1. The maximum atomic E-state index is 12.4. The van der Waals surface area contributed by atoms with Gasteiger partial charge < -0.3 is 5.32 Å². The van der Waals surface area contributed by atoms with Gasteiger partial charge in [0.25, 0.3) is 0 Å². The molecular weight excluding hydrogens is 312 g/mol. The Morgan fingerprint density at radius 3 is 3.04 bits per heavy atom. The van der Waals surface area contributed by atoms with Gasteiger partial charge in [0.1, 0.15) is 0 Å². The predicted molar refractivity (Wildman–Crippen MR) is 87.3 cm³/mol. The quantitative estimate of drug-likeness (QED) is 0.842. The number of aromatic nitrogens is 5. The average Bonchev–Trinajstić information content (AvgIpc) is 3.05. The number of carbonyl (C=O) groups excluding carboxylic acids is 1. The topological polar surface area (TPSA) is 85.6 Å². The van der Waals surface area contributed by atoms with Crippen LogP contribution in [0.5, 0.6) is 0 Å². The highest BCUT2D eigenvalue weighted by atomic mass is 32.1. The highest BCUT2D eigenvalue weighted by molar-refractivity contribution is 7.11. The van der Waals surface area contributed by atoms with Crippen molar-refractivity contribution in [1.82, 2.24) is 30.5 Å². The molecule has 7 nitrogen and oxygen atoms in total. The summed E-state index contributed by atoms with van der Waals surface area (Å²) in [6.45, 7) is 5.59. The first kappa shape index (κ1) is 16.0. The van der Waals surface area contributed by atoms with Crippen LogP contribution in [0.3, 0.4) is 0 Å². The molecule has 23 heavy (non-hydrogen) atoms. The molecule has 1 amide bonds. The molecule has 0 spiro atoms. The molecule has 0 radical (unpaired) electrons. The Balaban J connectivity index is 1.50. The highest BCUT2D eigenvalue weighted by Gasteiger charge is 2.28. The highest BCUT2D eigenvalue weighted by Crippen LogP contribution is 2.24. The summed E-state index contributed by atoms with van der Waals surface area (Å²) in [5.41, 5.74) is 1.11. The molecule has 0 saturated carbocycles. The SMILES string of the molecule is Cc1nc(CCCNC(=O)[C@H]2CCCCn3nnnc32)sc1C. The van der Waals surface area contributed by atoms with Crippen LogP contribution in [0.2, 0.25) is 0 Å². The summed E-state index contributed by atoms with van der Waals surface area (Å²) in [6, 6.07) is 0. The molecule has 3 rings (SSSR count). The third kappa shape index (κ3) is 3.74. The first-order valence-corrected chi connectivity index (χ1v) is 8.93. The van der Waals surface area contributed by atoms with Gasteiger partial charge in [0.2, 0.25) is 5.91 Å². The van der Waals surface area contributed by atoms with Crippen LogP contribution in [0.1, 0.15) is 53.0 Å². The van der Waals surface area contributed by atoms with E-state index >= 15 is 0 Å². The summed E-state index contributed by atoms with van der Waals surface area (Å²) >= 11 is 1.74. The molecule has 2 aromatic heterocycles. The van der Waals surface area contributed by atoms with E-state index in [9.17, 15) is 4.79 Å². The molecule has 2 aromatic rings. The van der Waals surface area contributed by atoms with Crippen LogP contribution in [0, 0.1) is 13.8 Å². The summed E-state index contributed by atoms with van der Waals surface area (Å²) in [5, 5.41) is 15.9. The van der Waals surface area contributed by atoms with Gasteiger partial charge in [-0.25, -0.2) is 9.67 Å². The molecule has 1 atom stereocenters. The van der Waals surface area contributed by atoms with Crippen molar-refractivity contribution in [3.8, 4) is 0 Å². The molecule has 1 aliphatic heterocycles. The standard InChI is InChI=1S/C15H22N6OS/c1-10-11(2)23-13(17-10)7-5-8-16-15(22)12-6-3-4-9-21-14(12)18-19-20-21/h12H,3-9H2,1-2H3,(H,16,22)/t12-/m0/s1. The second-order valence-corrected chi connectivity index (χ2v) is 7.24. The summed E-state index contributed by atoms with van der Waals surface area (Å²) in [4.78, 5) is 18.2. The number of hydrogen-bond donors (Lipinski definition) is 1. The van der Waals surface area contributed by atoms with Crippen LogP contribution in [-0.2, 0) is 17.8 Å². The fourth-order valence-corrected chi connectivity index (χ4v) is 3.80. The lowest BCUT2D eigenvalue weighted by atomic mass is 10.0. The molecule has 8 heteroatoms. The number of fused-ring (bicyclic) bond motifs is 1. The number of tetrazole rings is 1. The van der Waals surface area contributed by atoms with Gasteiger partial charge in [0, 0.05) is 24.4 Å². The molecular formula is C15H22N6OS. The van der Waals surface area contributed by atoms with Crippen molar-refractivity contribution in [3.05, 3.63) is 21.4 Å². The van der Waals surface area contributed by atoms with Gasteiger partial charge in [-0.3, -0.25) is 4.79 Å². The zero-order valence-corrected chi connectivity index (χ0v) is 14.4. The number of rotatable bonds is 5. The van der Waals surface area contributed by atoms with E-state index in [1.165, 1.54) is 4.88 Å². The first-order valence-electron chi connectivity index (χ1n) is 8.12. The minimum Gasteiger partial charge on any atom is -0.355 e. The smallest absolute Gasteiger partial charge is 0.230 e. The summed E-state index contributed by atoms with van der Waals surface area (Å²) < 4.78 is 1.76. The zero-order valence-electron chi connectivity index (χ0n) is 13.6. The van der Waals surface area contributed by atoms with Crippen LogP contribution >= 0.6 is 11.3 Å². The van der Waals surface area contributed by atoms with E-state index in [0.29, 0.717) is 12.4 Å². The van der Waals surface area contributed by atoms with Crippen molar-refractivity contribution in [1.29, 1.82) is 0 Å². The lowest BCUT2D eigenvalue weighted by Crippen LogP contribution is -2.31. The Labute approximate surface area is 139 Å². The van der Waals surface area contributed by atoms with E-state index in [-0.39, 0.29) is 11.8 Å². The Bertz CT molecular complexity index is 660. The van der Waals surface area contributed by atoms with E-state index in [0.717, 1.165) is 49.4 Å². The van der Waals surface area contributed by atoms with Crippen molar-refractivity contribution in [2.75, 3.05) is 6.54 Å². The average molecular weight is 334 g/mol. The molecule has 1 N–H and O–H groups in total. The molecule has 0 fully saturated rings. The molecule has 0 saturated heterocycles. The minimum atomic E-state index is -0.225. The van der Waals surface area contributed by atoms with Crippen molar-refractivity contribution in [2.24, 2.45) is 0 Å². The van der Waals surface area contributed by atoms with Gasteiger partial charge in [-0.05, 0) is 43.5 Å². The number of amides is 1. The molecule has 1 aliphatic rings. The normalized spacial score (nSPS) is 17.6. The molecule has 0 aliphatic carbocycles. The lowest BCUT2D eigenvalue weighted by Gasteiger charge is -2.13. The number of nitrogens with zero attached hydrogens (tertiary/aromatic N) is 5. The fraction of sp³-hybridized carbons (Fsp3) is 0.667. The summed E-state index contributed by atoms with van der Waals surface area (Å²) in [6.07, 6.45) is 4.65. The Hall–Kier alpha value is -1.83. The third-order valence-corrected chi connectivity index (χ3v) is 5.37. The second kappa shape index (κ2) is 7.16. The number of carbonyl (C=O) groups is 1. The van der Waals surface area contributed by atoms with E-state index in [4.69, 9.17) is 0 Å². The van der Waals surface area contributed by atoms with Crippen molar-refractivity contribution >= 4 is 17.2 Å². The number of aryl methyl sites for hydroxylation is 4. The predicted octanol–water partition coefficient (Wildman–Crippen LogP) is 1.76. The third-order valence-electron chi connectivity index (χ3n) is 4.24. The van der Waals surface area contributed by atoms with E-state index in [2.05, 4.69) is 32.7 Å². The van der Waals surface area contributed by atoms with Crippen LogP contribution in [-0.4, -0.2) is 37.6 Å². The largest absolute Gasteiger partial charge is 0.355 e. The molecule has 3 heterocycles. The lowest BCUT2D eigenvalue weighted by molar-refractivity contribution is -0.122. The van der Waals surface area contributed by atoms with Crippen LogP contribution in [0.4, 0.5) is 0 Å². The van der Waals surface area contributed by atoms with Gasteiger partial charge in [-0.1, -0.05) is 6.42 Å². The van der Waals surface area contributed by atoms with Crippen LogP contribution in [0.25, 0.3) is 0 Å². The second-order valence-electron chi connectivity index (χ2n) is 5.95. The van der Waals surface area contributed by atoms with Crippen molar-refractivity contribution < 1.29 is 4.79 Å². The zero-order chi connectivity index (χ0) is 16.2. The summed E-state index contributed by atoms with van der Waals surface area (Å²) in [7, 11) is 0. The number of nitrogens with one attached hydrogen (secondary N) is 1. The van der Waals surface area contributed by atoms with Crippen LogP contribution in [0.15, 0.2) is 0 Å². The summed E-state index contributed by atoms with van der Waals surface area (Å²) in [5.74, 6) is 0.512. The van der Waals surface area contributed by atoms with E-state index < -0.39 is 0 Å². The van der Waals surface area contributed by atoms with Gasteiger partial charge >= 0.3 is 0 Å². The van der Waals surface area contributed by atoms with Crippen molar-refractivity contribution in [3.63, 3.8) is 0 Å². The minimum absolute atomic E-state index is 0.0365. The van der Waals surface area contributed by atoms with E-state index in [1.807, 2.05) is 6.92 Å². The molecule has 124 valence electrons. The maximum Gasteiger partial charge on any atom is 0.230 e. The maximum absolute atomic E-state index is 12.4. The molecule has 0 aromatic carbocycles. The van der Waals surface area contributed by atoms with Gasteiger partial charge in [0.15, 0.2) is 5.82 Å². The molecule has 0 bridgehead atoms. The van der Waals surface area contributed by atoms with E-state index in [1.54, 1.807) is 16.0 Å². The molecule has 0 unspecified atom stereocenters. The monoisotopic (exact) mass is 334 g/mol. The van der Waals surface area contributed by atoms with Crippen LogP contribution < -0.4 is 5.32 Å². The van der Waals surface area contributed by atoms with Gasteiger partial charge in [-0.15, -0.1) is 16.4 Å².